The number of benzene rings is 3. The van der Waals surface area contributed by atoms with Gasteiger partial charge in [0.2, 0.25) is 0 Å². The second-order valence-corrected chi connectivity index (χ2v) is 7.09. The molecule has 29 heavy (non-hydrogen) atoms. The van der Waals surface area contributed by atoms with E-state index >= 15 is 0 Å². The molecule has 0 unspecified atom stereocenters. The molecule has 0 aliphatic heterocycles. The molecule has 0 fully saturated rings. The molecule has 7 heteroatoms. The summed E-state index contributed by atoms with van der Waals surface area (Å²) in [4.78, 5) is 25.0. The smallest absolute Gasteiger partial charge is 0.255 e. The van der Waals surface area contributed by atoms with Gasteiger partial charge in [-0.1, -0.05) is 47.5 Å². The van der Waals surface area contributed by atoms with Gasteiger partial charge in [0.05, 0.1) is 17.2 Å². The number of aryl methyl sites for hydroxylation is 1. The van der Waals surface area contributed by atoms with Crippen LogP contribution < -0.4 is 15.4 Å². The number of amides is 2. The zero-order valence-electron chi connectivity index (χ0n) is 15.8. The molecule has 5 nitrogen and oxygen atoms in total. The topological polar surface area (TPSA) is 67.4 Å². The molecule has 0 atom stereocenters. The van der Waals surface area contributed by atoms with Gasteiger partial charge in [0.25, 0.3) is 11.8 Å². The highest BCUT2D eigenvalue weighted by molar-refractivity contribution is 6.37. The average Bonchev–Trinajstić information content (AvgIpc) is 2.68. The van der Waals surface area contributed by atoms with Crippen molar-refractivity contribution < 1.29 is 14.3 Å². The third kappa shape index (κ3) is 4.88. The minimum atomic E-state index is -0.390. The SMILES string of the molecule is COc1c(Cl)cc(C(=O)Nc2cccc(NC(=O)c3ccccc3C)c2)cc1Cl. The van der Waals surface area contributed by atoms with Gasteiger partial charge in [0.1, 0.15) is 0 Å². The van der Waals surface area contributed by atoms with Crippen LogP contribution >= 0.6 is 23.2 Å². The summed E-state index contributed by atoms with van der Waals surface area (Å²) < 4.78 is 5.09. The number of hydrogen-bond acceptors (Lipinski definition) is 3. The predicted molar refractivity (Wildman–Crippen MR) is 117 cm³/mol. The molecule has 0 aromatic heterocycles. The molecule has 0 spiro atoms. The maximum Gasteiger partial charge on any atom is 0.255 e. The van der Waals surface area contributed by atoms with Gasteiger partial charge in [-0.3, -0.25) is 9.59 Å². The largest absolute Gasteiger partial charge is 0.494 e. The third-order valence-corrected chi connectivity index (χ3v) is 4.79. The van der Waals surface area contributed by atoms with Gasteiger partial charge in [-0.15, -0.1) is 0 Å². The molecule has 0 saturated carbocycles. The van der Waals surface area contributed by atoms with Crippen LogP contribution in [0.3, 0.4) is 0 Å². The molecule has 0 radical (unpaired) electrons. The van der Waals surface area contributed by atoms with Crippen LogP contribution in [-0.2, 0) is 0 Å². The van der Waals surface area contributed by atoms with Gasteiger partial charge in [0, 0.05) is 22.5 Å². The molecule has 3 rings (SSSR count). The van der Waals surface area contributed by atoms with E-state index in [1.807, 2.05) is 25.1 Å². The summed E-state index contributed by atoms with van der Waals surface area (Å²) >= 11 is 12.2. The van der Waals surface area contributed by atoms with E-state index in [1.165, 1.54) is 19.2 Å². The predicted octanol–water partition coefficient (Wildman–Crippen LogP) is 5.82. The highest BCUT2D eigenvalue weighted by Gasteiger charge is 2.14. The van der Waals surface area contributed by atoms with Gasteiger partial charge >= 0.3 is 0 Å². The summed E-state index contributed by atoms with van der Waals surface area (Å²) in [5, 5.41) is 6.08. The molecule has 0 bridgehead atoms. The summed E-state index contributed by atoms with van der Waals surface area (Å²) in [6.07, 6.45) is 0. The van der Waals surface area contributed by atoms with Crippen molar-refractivity contribution in [3.8, 4) is 5.75 Å². The third-order valence-electron chi connectivity index (χ3n) is 4.23. The molecule has 2 N–H and O–H groups in total. The van der Waals surface area contributed by atoms with Gasteiger partial charge < -0.3 is 15.4 Å². The van der Waals surface area contributed by atoms with E-state index in [0.717, 1.165) is 5.56 Å². The number of ether oxygens (including phenoxy) is 1. The quantitative estimate of drug-likeness (QED) is 0.538. The highest BCUT2D eigenvalue weighted by Crippen LogP contribution is 2.34. The minimum absolute atomic E-state index is 0.222. The van der Waals surface area contributed by atoms with E-state index < -0.39 is 0 Å². The maximum absolute atomic E-state index is 12.6. The van der Waals surface area contributed by atoms with Crippen molar-refractivity contribution in [1.82, 2.24) is 0 Å². The lowest BCUT2D eigenvalue weighted by Crippen LogP contribution is -2.14. The number of anilines is 2. The summed E-state index contributed by atoms with van der Waals surface area (Å²) in [6.45, 7) is 1.87. The number of carbonyl (C=O) groups is 2. The van der Waals surface area contributed by atoms with E-state index in [9.17, 15) is 9.59 Å². The van der Waals surface area contributed by atoms with E-state index in [1.54, 1.807) is 30.3 Å². The van der Waals surface area contributed by atoms with Crippen LogP contribution in [0.4, 0.5) is 11.4 Å². The van der Waals surface area contributed by atoms with E-state index in [-0.39, 0.29) is 27.4 Å². The molecule has 3 aromatic rings. The maximum atomic E-state index is 12.6. The molecule has 148 valence electrons. The fourth-order valence-electron chi connectivity index (χ4n) is 2.79. The molecule has 0 aliphatic rings. The van der Waals surface area contributed by atoms with Crippen LogP contribution in [0.15, 0.2) is 60.7 Å². The number of carbonyl (C=O) groups excluding carboxylic acids is 2. The first-order chi connectivity index (χ1) is 13.9. The Kier molecular flexibility index (Phi) is 6.42. The lowest BCUT2D eigenvalue weighted by atomic mass is 10.1. The Morgan fingerprint density at radius 3 is 2.00 bits per heavy atom. The lowest BCUT2D eigenvalue weighted by molar-refractivity contribution is 0.101. The molecular formula is C22H18Cl2N2O3. The summed E-state index contributed by atoms with van der Waals surface area (Å²) in [6, 6.07) is 17.1. The first-order valence-corrected chi connectivity index (χ1v) is 9.46. The molecule has 3 aromatic carbocycles. The normalized spacial score (nSPS) is 10.3. The second kappa shape index (κ2) is 8.99. The van der Waals surface area contributed by atoms with Gasteiger partial charge in [-0.05, 0) is 48.9 Å². The Labute approximate surface area is 178 Å². The highest BCUT2D eigenvalue weighted by atomic mass is 35.5. The standard InChI is InChI=1S/C22H18Cl2N2O3/c1-13-6-3-4-9-17(13)22(28)26-16-8-5-7-15(12-16)25-21(27)14-10-18(23)20(29-2)19(24)11-14/h3-12H,1-2H3,(H,25,27)(H,26,28). The Bertz CT molecular complexity index is 1060. The molecule has 0 aliphatic carbocycles. The van der Waals surface area contributed by atoms with Crippen molar-refractivity contribution in [1.29, 1.82) is 0 Å². The molecule has 2 amide bonds. The zero-order chi connectivity index (χ0) is 21.0. The number of hydrogen-bond donors (Lipinski definition) is 2. The fraction of sp³-hybridized carbons (Fsp3) is 0.0909. The lowest BCUT2D eigenvalue weighted by Gasteiger charge is -2.11. The van der Waals surface area contributed by atoms with Crippen LogP contribution in [-0.4, -0.2) is 18.9 Å². The number of nitrogens with one attached hydrogen (secondary N) is 2. The average molecular weight is 429 g/mol. The van der Waals surface area contributed by atoms with Crippen LogP contribution in [0.2, 0.25) is 10.0 Å². The van der Waals surface area contributed by atoms with Crippen molar-refractivity contribution in [2.45, 2.75) is 6.92 Å². The van der Waals surface area contributed by atoms with E-state index in [4.69, 9.17) is 27.9 Å². The van der Waals surface area contributed by atoms with Crippen LogP contribution in [0.25, 0.3) is 0 Å². The summed E-state index contributed by atoms with van der Waals surface area (Å²) in [5.74, 6) is -0.301. The van der Waals surface area contributed by atoms with E-state index in [2.05, 4.69) is 10.6 Å². The monoisotopic (exact) mass is 428 g/mol. The fourth-order valence-corrected chi connectivity index (χ4v) is 3.43. The van der Waals surface area contributed by atoms with Crippen molar-refractivity contribution in [2.75, 3.05) is 17.7 Å². The second-order valence-electron chi connectivity index (χ2n) is 6.28. The Hall–Kier alpha value is -3.02. The van der Waals surface area contributed by atoms with Crippen molar-refractivity contribution in [3.63, 3.8) is 0 Å². The summed E-state index contributed by atoms with van der Waals surface area (Å²) in [7, 11) is 1.45. The Morgan fingerprint density at radius 1 is 0.828 bits per heavy atom. The number of methoxy groups -OCH3 is 1. The minimum Gasteiger partial charge on any atom is -0.494 e. The van der Waals surface area contributed by atoms with Gasteiger partial charge in [-0.2, -0.15) is 0 Å². The van der Waals surface area contributed by atoms with Gasteiger partial charge in [0.15, 0.2) is 5.75 Å². The summed E-state index contributed by atoms with van der Waals surface area (Å²) in [5.41, 5.74) is 2.82. The first kappa shape index (κ1) is 20.7. The van der Waals surface area contributed by atoms with Crippen LogP contribution in [0.1, 0.15) is 26.3 Å². The first-order valence-electron chi connectivity index (χ1n) is 8.70. The zero-order valence-corrected chi connectivity index (χ0v) is 17.3. The van der Waals surface area contributed by atoms with Crippen molar-refractivity contribution in [3.05, 3.63) is 87.4 Å². The molecule has 0 heterocycles. The molecular weight excluding hydrogens is 411 g/mol. The Balaban J connectivity index is 1.75. The molecule has 0 saturated heterocycles. The van der Waals surface area contributed by atoms with Crippen molar-refractivity contribution in [2.24, 2.45) is 0 Å². The Morgan fingerprint density at radius 2 is 1.41 bits per heavy atom. The van der Waals surface area contributed by atoms with Gasteiger partial charge in [-0.25, -0.2) is 0 Å². The van der Waals surface area contributed by atoms with Crippen molar-refractivity contribution >= 4 is 46.4 Å². The van der Waals surface area contributed by atoms with Crippen LogP contribution in [0.5, 0.6) is 5.75 Å². The van der Waals surface area contributed by atoms with E-state index in [0.29, 0.717) is 22.7 Å². The van der Waals surface area contributed by atoms with Crippen LogP contribution in [0, 0.1) is 6.92 Å². The number of halogens is 2. The number of rotatable bonds is 5.